The lowest BCUT2D eigenvalue weighted by Crippen LogP contribution is -2.38. The number of carbonyl (C=O) groups is 1. The molecule has 0 N–H and O–H groups in total. The normalized spacial score (nSPS) is 11.7. The van der Waals surface area contributed by atoms with Crippen LogP contribution < -0.4 is 0 Å². The molecule has 0 bridgehead atoms. The van der Waals surface area contributed by atoms with Crippen molar-refractivity contribution in [2.45, 2.75) is 39.3 Å². The van der Waals surface area contributed by atoms with E-state index in [1.807, 2.05) is 20.4 Å². The molecule has 0 saturated carbocycles. The summed E-state index contributed by atoms with van der Waals surface area (Å²) < 4.78 is 77.8. The van der Waals surface area contributed by atoms with Gasteiger partial charge in [-0.2, -0.15) is 5.12 Å². The molecular weight excluding hydrogens is 377 g/mol. The highest BCUT2D eigenvalue weighted by molar-refractivity contribution is 6.66. The monoisotopic (exact) mass is 399 g/mol. The van der Waals surface area contributed by atoms with Crippen LogP contribution >= 0.6 is 0 Å². The van der Waals surface area contributed by atoms with Crippen LogP contribution in [0.5, 0.6) is 0 Å². The molecule has 0 spiro atoms. The second-order valence-corrected chi connectivity index (χ2v) is 9.04. The van der Waals surface area contributed by atoms with Crippen molar-refractivity contribution in [1.29, 1.82) is 0 Å². The van der Waals surface area contributed by atoms with E-state index in [0.717, 1.165) is 0 Å². The van der Waals surface area contributed by atoms with Crippen LogP contribution in [-0.4, -0.2) is 39.3 Å². The van der Waals surface area contributed by atoms with Gasteiger partial charge < -0.3 is 8.85 Å². The van der Waals surface area contributed by atoms with Crippen LogP contribution in [0.15, 0.2) is 6.07 Å². The lowest BCUT2D eigenvalue weighted by atomic mass is 10.1. The van der Waals surface area contributed by atoms with Gasteiger partial charge in [-0.3, -0.25) is 4.79 Å². The number of carbonyl (C=O) groups excluding carboxylic acids is 1. The van der Waals surface area contributed by atoms with Crippen molar-refractivity contribution in [3.05, 3.63) is 34.9 Å². The van der Waals surface area contributed by atoms with Crippen molar-refractivity contribution in [2.75, 3.05) is 19.8 Å². The molecule has 0 aliphatic rings. The molecule has 0 aromatic heterocycles. The number of unbranched alkanes of at least 4 members (excludes halogenated alkanes) is 1. The Hall–Kier alpha value is -1.52. The summed E-state index contributed by atoms with van der Waals surface area (Å²) >= 11 is 0. The first-order chi connectivity index (χ1) is 12.2. The molecule has 0 atom stereocenters. The average Bonchev–Trinajstić information content (AvgIpc) is 2.59. The molecule has 26 heavy (non-hydrogen) atoms. The number of halogens is 5. The van der Waals surface area contributed by atoms with E-state index in [1.54, 1.807) is 0 Å². The molecule has 0 saturated heterocycles. The van der Waals surface area contributed by atoms with Gasteiger partial charge in [-0.15, -0.1) is 0 Å². The summed E-state index contributed by atoms with van der Waals surface area (Å²) in [5.41, 5.74) is -1.20. The van der Waals surface area contributed by atoms with Crippen molar-refractivity contribution >= 4 is 14.5 Å². The third kappa shape index (κ3) is 5.75. The Bertz CT molecular complexity index is 626. The molecule has 148 valence electrons. The van der Waals surface area contributed by atoms with Gasteiger partial charge in [0, 0.05) is 13.2 Å². The summed E-state index contributed by atoms with van der Waals surface area (Å²) in [4.78, 5) is 11.8. The van der Waals surface area contributed by atoms with E-state index >= 15 is 0 Å². The second kappa shape index (κ2) is 9.98. The van der Waals surface area contributed by atoms with Gasteiger partial charge in [-0.25, -0.2) is 17.6 Å². The fourth-order valence-corrected chi connectivity index (χ4v) is 4.94. The van der Waals surface area contributed by atoms with E-state index in [-0.39, 0.29) is 17.6 Å². The zero-order chi connectivity index (χ0) is 19.9. The summed E-state index contributed by atoms with van der Waals surface area (Å²) in [6, 6.07) is 0.696. The molecule has 0 heterocycles. The van der Waals surface area contributed by atoms with Crippen molar-refractivity contribution in [3.8, 4) is 0 Å². The lowest BCUT2D eigenvalue weighted by molar-refractivity contribution is 0.0182. The standard InChI is InChI=1S/C16H22F5NO3Si/c1-4-24-26(3,25-5-2)9-7-6-8-22(21)16(23)11-10-12(17)14(19)15(20)13(11)18/h10H,4-9H2,1-3H3. The molecule has 4 nitrogen and oxygen atoms in total. The quantitative estimate of drug-likeness (QED) is 0.145. The summed E-state index contributed by atoms with van der Waals surface area (Å²) in [5.74, 6) is -9.48. The van der Waals surface area contributed by atoms with Gasteiger partial charge in [0.25, 0.3) is 5.91 Å². The highest BCUT2D eigenvalue weighted by Crippen LogP contribution is 2.21. The lowest BCUT2D eigenvalue weighted by Gasteiger charge is -2.26. The molecule has 1 rings (SSSR count). The molecule has 0 fully saturated rings. The van der Waals surface area contributed by atoms with Crippen LogP contribution in [0.4, 0.5) is 22.0 Å². The van der Waals surface area contributed by atoms with Crippen molar-refractivity contribution < 1.29 is 35.7 Å². The molecular formula is C16H22F5NO3Si. The Morgan fingerprint density at radius 3 is 2.15 bits per heavy atom. The maximum Gasteiger partial charge on any atom is 0.334 e. The van der Waals surface area contributed by atoms with Gasteiger partial charge in [-0.1, -0.05) is 4.48 Å². The highest BCUT2D eigenvalue weighted by atomic mass is 28.4. The maximum atomic E-state index is 13.9. The second-order valence-electron chi connectivity index (χ2n) is 5.70. The molecule has 0 aliphatic heterocycles. The minimum absolute atomic E-state index is 0.136. The van der Waals surface area contributed by atoms with Crippen LogP contribution in [0.3, 0.4) is 0 Å². The zero-order valence-electron chi connectivity index (χ0n) is 14.9. The van der Waals surface area contributed by atoms with Crippen molar-refractivity contribution in [1.82, 2.24) is 5.12 Å². The first-order valence-electron chi connectivity index (χ1n) is 8.25. The summed E-state index contributed by atoms with van der Waals surface area (Å²) in [6.45, 7) is 6.09. The molecule has 1 amide bonds. The van der Waals surface area contributed by atoms with E-state index < -0.39 is 49.8 Å². The molecule has 0 radical (unpaired) electrons. The largest absolute Gasteiger partial charge is 0.395 e. The minimum atomic E-state index is -2.37. The first-order valence-corrected chi connectivity index (χ1v) is 10.8. The van der Waals surface area contributed by atoms with Gasteiger partial charge >= 0.3 is 8.56 Å². The first kappa shape index (κ1) is 22.5. The van der Waals surface area contributed by atoms with Gasteiger partial charge in [-0.05, 0) is 45.3 Å². The Kier molecular flexibility index (Phi) is 8.64. The van der Waals surface area contributed by atoms with E-state index in [0.29, 0.717) is 25.7 Å². The molecule has 1 aromatic rings. The number of rotatable bonds is 10. The zero-order valence-corrected chi connectivity index (χ0v) is 15.9. The van der Waals surface area contributed by atoms with Crippen LogP contribution in [0, 0.1) is 23.3 Å². The predicted molar refractivity (Wildman–Crippen MR) is 87.3 cm³/mol. The van der Waals surface area contributed by atoms with E-state index in [2.05, 4.69) is 0 Å². The Labute approximate surface area is 150 Å². The van der Waals surface area contributed by atoms with Crippen LogP contribution in [0.25, 0.3) is 0 Å². The maximum absolute atomic E-state index is 13.9. The van der Waals surface area contributed by atoms with E-state index in [1.165, 1.54) is 0 Å². The Morgan fingerprint density at radius 2 is 1.62 bits per heavy atom. The highest BCUT2D eigenvalue weighted by Gasteiger charge is 2.30. The Balaban J connectivity index is 2.64. The van der Waals surface area contributed by atoms with Crippen LogP contribution in [0.1, 0.15) is 37.0 Å². The topological polar surface area (TPSA) is 38.8 Å². The van der Waals surface area contributed by atoms with Crippen LogP contribution in [-0.2, 0) is 8.85 Å². The summed E-state index contributed by atoms with van der Waals surface area (Å²) in [5, 5.41) is -0.352. The number of nitrogens with zero attached hydrogens (tertiary/aromatic N) is 1. The SMILES string of the molecule is CCO[Si](C)(CCCCN(F)C(=O)c1cc(F)c(F)c(F)c1F)OCC. The van der Waals surface area contributed by atoms with E-state index in [4.69, 9.17) is 8.85 Å². The molecule has 10 heteroatoms. The fraction of sp³-hybridized carbons (Fsp3) is 0.562. The number of hydrogen-bond donors (Lipinski definition) is 0. The van der Waals surface area contributed by atoms with Gasteiger partial charge in [0.2, 0.25) is 0 Å². The van der Waals surface area contributed by atoms with Crippen LogP contribution in [0.2, 0.25) is 12.6 Å². The third-order valence-corrected chi connectivity index (χ3v) is 6.75. The fourth-order valence-electron chi connectivity index (χ4n) is 2.45. The summed E-state index contributed by atoms with van der Waals surface area (Å²) in [6.07, 6.45) is 0.684. The minimum Gasteiger partial charge on any atom is -0.395 e. The van der Waals surface area contributed by atoms with Crippen molar-refractivity contribution in [2.24, 2.45) is 0 Å². The Morgan fingerprint density at radius 1 is 1.04 bits per heavy atom. The van der Waals surface area contributed by atoms with Crippen molar-refractivity contribution in [3.63, 3.8) is 0 Å². The van der Waals surface area contributed by atoms with E-state index in [9.17, 15) is 26.8 Å². The number of amides is 1. The molecule has 1 aromatic carbocycles. The number of hydrogen-bond acceptors (Lipinski definition) is 3. The number of benzene rings is 1. The van der Waals surface area contributed by atoms with Gasteiger partial charge in [0.05, 0.1) is 12.1 Å². The summed E-state index contributed by atoms with van der Waals surface area (Å²) in [7, 11) is -2.37. The van der Waals surface area contributed by atoms with Gasteiger partial charge in [0.15, 0.2) is 23.3 Å². The third-order valence-electron chi connectivity index (χ3n) is 3.69. The predicted octanol–water partition coefficient (Wildman–Crippen LogP) is 4.49. The molecule has 0 aliphatic carbocycles. The van der Waals surface area contributed by atoms with Gasteiger partial charge in [0.1, 0.15) is 0 Å². The smallest absolute Gasteiger partial charge is 0.334 e. The molecule has 0 unspecified atom stereocenters. The average molecular weight is 399 g/mol.